The molecule has 0 unspecified atom stereocenters. The largest absolute Gasteiger partial charge is 0.481 e. The molecule has 0 fully saturated rings. The van der Waals surface area contributed by atoms with Crippen LogP contribution in [-0.2, 0) is 33.4 Å². The van der Waals surface area contributed by atoms with Crippen LogP contribution in [0.2, 0.25) is 0 Å². The van der Waals surface area contributed by atoms with Crippen molar-refractivity contribution in [3.8, 4) is 11.1 Å². The van der Waals surface area contributed by atoms with Crippen LogP contribution in [0.15, 0.2) is 48.5 Å². The predicted octanol–water partition coefficient (Wildman–Crippen LogP) is 0.477. The van der Waals surface area contributed by atoms with Crippen LogP contribution >= 0.6 is 0 Å². The Morgan fingerprint density at radius 1 is 0.854 bits per heavy atom. The fourth-order valence-electron chi connectivity index (χ4n) is 5.46. The number of carbonyl (C=O) groups is 6. The average molecular weight is 669 g/mol. The minimum atomic E-state index is -1.54. The molecule has 1 aliphatic carbocycles. The van der Waals surface area contributed by atoms with Crippen LogP contribution < -0.4 is 33.2 Å². The number of primary amides is 2. The zero-order chi connectivity index (χ0) is 35.5. The first-order valence-electron chi connectivity index (χ1n) is 15.6. The van der Waals surface area contributed by atoms with Crippen LogP contribution in [0.4, 0.5) is 4.79 Å². The Morgan fingerprint density at radius 2 is 1.44 bits per heavy atom. The number of ether oxygens (including phenoxy) is 2. The molecule has 0 bridgehead atoms. The highest BCUT2D eigenvalue weighted by molar-refractivity contribution is 5.91. The van der Waals surface area contributed by atoms with Gasteiger partial charge >= 0.3 is 18.0 Å². The summed E-state index contributed by atoms with van der Waals surface area (Å²) in [6, 6.07) is 10.7. The van der Waals surface area contributed by atoms with E-state index in [2.05, 4.69) is 16.0 Å². The van der Waals surface area contributed by atoms with Gasteiger partial charge in [-0.2, -0.15) is 0 Å². The lowest BCUT2D eigenvalue weighted by atomic mass is 9.98. The highest BCUT2D eigenvalue weighted by atomic mass is 16.6. The SMILES string of the molecule is CC(C)C[C@H](N)[C@H](CN[C@@H](CC(=O)O)C(=O)N[C@@H](C)C(N)=O)OC(=O)[C@H](CC(N)=O)NC(=O)OCC1c2ccccc2-c2ccccc21. The molecule has 48 heavy (non-hydrogen) atoms. The van der Waals surface area contributed by atoms with Gasteiger partial charge in [-0.25, -0.2) is 9.59 Å². The smallest absolute Gasteiger partial charge is 0.407 e. The molecule has 3 rings (SSSR count). The number of carboxylic acids is 1. The normalized spacial score (nSPS) is 15.2. The number of nitrogens with two attached hydrogens (primary N) is 3. The van der Waals surface area contributed by atoms with Gasteiger partial charge in [0, 0.05) is 18.5 Å². The summed E-state index contributed by atoms with van der Waals surface area (Å²) in [4.78, 5) is 73.8. The summed E-state index contributed by atoms with van der Waals surface area (Å²) >= 11 is 0. The highest BCUT2D eigenvalue weighted by Crippen LogP contribution is 2.44. The highest BCUT2D eigenvalue weighted by Gasteiger charge is 2.33. The first-order valence-corrected chi connectivity index (χ1v) is 15.6. The molecule has 4 amide bonds. The molecule has 0 saturated carbocycles. The quantitative estimate of drug-likeness (QED) is 0.108. The number of rotatable bonds is 18. The first kappa shape index (κ1) is 37.4. The Labute approximate surface area is 278 Å². The first-order chi connectivity index (χ1) is 22.7. The standard InChI is InChI=1S/C33H44N6O9/c1-17(2)12-24(34)27(15-37-25(14-29(41)42)31(44)38-18(3)30(36)43)48-32(45)26(13-28(35)40)39-33(46)47-16-23-21-10-6-4-8-19(21)20-9-5-7-11-22(20)23/h4-11,17-18,23-27,37H,12-16,34H2,1-3H3,(H2,35,40)(H2,36,43)(H,38,44)(H,39,46)(H,41,42)/t18-,24-,25-,26-,27-/m0/s1. The summed E-state index contributed by atoms with van der Waals surface area (Å²) in [5.74, 6) is -5.12. The molecule has 0 aromatic heterocycles. The molecule has 0 spiro atoms. The second-order valence-corrected chi connectivity index (χ2v) is 12.2. The number of carbonyl (C=O) groups excluding carboxylic acids is 5. The summed E-state index contributed by atoms with van der Waals surface area (Å²) in [7, 11) is 0. The molecular weight excluding hydrogens is 624 g/mol. The van der Waals surface area contributed by atoms with E-state index in [0.29, 0.717) is 6.42 Å². The third kappa shape index (κ3) is 10.5. The minimum absolute atomic E-state index is 0.0502. The fraction of sp³-hybridized carbons (Fsp3) is 0.455. The number of esters is 1. The maximum Gasteiger partial charge on any atom is 0.407 e. The number of alkyl carbamates (subject to hydrolysis) is 1. The molecule has 15 nitrogen and oxygen atoms in total. The molecule has 1 aliphatic rings. The number of aliphatic carboxylic acids is 1. The molecule has 0 aliphatic heterocycles. The number of carboxylic acid groups (broad SMARTS) is 1. The van der Waals surface area contributed by atoms with Crippen LogP contribution in [0.25, 0.3) is 11.1 Å². The Morgan fingerprint density at radius 3 is 1.96 bits per heavy atom. The van der Waals surface area contributed by atoms with E-state index >= 15 is 0 Å². The van der Waals surface area contributed by atoms with Crippen molar-refractivity contribution in [1.82, 2.24) is 16.0 Å². The van der Waals surface area contributed by atoms with Gasteiger partial charge in [-0.05, 0) is 41.5 Å². The van der Waals surface area contributed by atoms with E-state index < -0.39 is 78.9 Å². The van der Waals surface area contributed by atoms with Gasteiger partial charge in [0.15, 0.2) is 0 Å². The number of benzene rings is 2. The molecule has 0 heterocycles. The molecular formula is C33H44N6O9. The second kappa shape index (κ2) is 17.2. The average Bonchev–Trinajstić information content (AvgIpc) is 3.33. The Bertz CT molecular complexity index is 1450. The zero-order valence-corrected chi connectivity index (χ0v) is 27.1. The third-order valence-corrected chi connectivity index (χ3v) is 7.86. The van der Waals surface area contributed by atoms with Crippen molar-refractivity contribution in [3.05, 3.63) is 59.7 Å². The van der Waals surface area contributed by atoms with Gasteiger partial charge in [0.1, 0.15) is 24.8 Å². The maximum atomic E-state index is 13.4. The van der Waals surface area contributed by atoms with E-state index in [0.717, 1.165) is 22.3 Å². The van der Waals surface area contributed by atoms with Gasteiger partial charge in [-0.1, -0.05) is 62.4 Å². The van der Waals surface area contributed by atoms with Crippen molar-refractivity contribution in [1.29, 1.82) is 0 Å². The van der Waals surface area contributed by atoms with Crippen molar-refractivity contribution >= 4 is 35.8 Å². The third-order valence-electron chi connectivity index (χ3n) is 7.86. The van der Waals surface area contributed by atoms with Crippen LogP contribution in [-0.4, -0.2) is 84.3 Å². The lowest BCUT2D eigenvalue weighted by molar-refractivity contribution is -0.154. The lowest BCUT2D eigenvalue weighted by Crippen LogP contribution is -2.55. The van der Waals surface area contributed by atoms with Crippen molar-refractivity contribution in [2.24, 2.45) is 23.1 Å². The van der Waals surface area contributed by atoms with Crippen LogP contribution in [0.3, 0.4) is 0 Å². The van der Waals surface area contributed by atoms with Gasteiger partial charge in [-0.3, -0.25) is 19.2 Å². The van der Waals surface area contributed by atoms with E-state index in [4.69, 9.17) is 26.7 Å². The Balaban J connectivity index is 1.71. The number of hydrogen-bond donors (Lipinski definition) is 7. The van der Waals surface area contributed by atoms with Gasteiger partial charge < -0.3 is 47.7 Å². The Hall–Kier alpha value is -5.02. The summed E-state index contributed by atoms with van der Waals surface area (Å²) in [5, 5.41) is 16.8. The monoisotopic (exact) mass is 668 g/mol. The second-order valence-electron chi connectivity index (χ2n) is 12.2. The molecule has 5 atom stereocenters. The van der Waals surface area contributed by atoms with Gasteiger partial charge in [0.05, 0.1) is 18.9 Å². The summed E-state index contributed by atoms with van der Waals surface area (Å²) in [5.41, 5.74) is 20.9. The number of nitrogens with one attached hydrogen (secondary N) is 3. The molecule has 0 radical (unpaired) electrons. The summed E-state index contributed by atoms with van der Waals surface area (Å²) < 4.78 is 11.2. The predicted molar refractivity (Wildman–Crippen MR) is 174 cm³/mol. The van der Waals surface area contributed by atoms with Crippen LogP contribution in [0.1, 0.15) is 57.1 Å². The molecule has 10 N–H and O–H groups in total. The minimum Gasteiger partial charge on any atom is -0.481 e. The maximum absolute atomic E-state index is 13.4. The van der Waals surface area contributed by atoms with Crippen molar-refractivity contribution in [3.63, 3.8) is 0 Å². The lowest BCUT2D eigenvalue weighted by Gasteiger charge is -2.29. The molecule has 260 valence electrons. The molecule has 0 saturated heterocycles. The fourth-order valence-corrected chi connectivity index (χ4v) is 5.46. The molecule has 2 aromatic rings. The molecule has 15 heteroatoms. The van der Waals surface area contributed by atoms with Gasteiger partial charge in [-0.15, -0.1) is 0 Å². The number of fused-ring (bicyclic) bond motifs is 3. The van der Waals surface area contributed by atoms with E-state index in [1.54, 1.807) is 0 Å². The summed E-state index contributed by atoms with van der Waals surface area (Å²) in [6.07, 6.45) is -3.06. The van der Waals surface area contributed by atoms with E-state index in [1.807, 2.05) is 62.4 Å². The van der Waals surface area contributed by atoms with E-state index in [1.165, 1.54) is 6.92 Å². The van der Waals surface area contributed by atoms with Gasteiger partial charge in [0.25, 0.3) is 0 Å². The van der Waals surface area contributed by atoms with E-state index in [9.17, 15) is 33.9 Å². The summed E-state index contributed by atoms with van der Waals surface area (Å²) in [6.45, 7) is 4.76. The van der Waals surface area contributed by atoms with Crippen molar-refractivity contribution < 1.29 is 43.3 Å². The van der Waals surface area contributed by atoms with Gasteiger partial charge in [0.2, 0.25) is 17.7 Å². The van der Waals surface area contributed by atoms with Crippen LogP contribution in [0, 0.1) is 5.92 Å². The number of amides is 4. The Kier molecular flexibility index (Phi) is 13.4. The topological polar surface area (TPSA) is 255 Å². The number of hydrogen-bond acceptors (Lipinski definition) is 10. The van der Waals surface area contributed by atoms with Crippen molar-refractivity contribution in [2.45, 2.75) is 76.2 Å². The van der Waals surface area contributed by atoms with Crippen LogP contribution in [0.5, 0.6) is 0 Å². The zero-order valence-electron chi connectivity index (χ0n) is 27.1. The molecule has 2 aromatic carbocycles. The van der Waals surface area contributed by atoms with Crippen molar-refractivity contribution in [2.75, 3.05) is 13.2 Å². The van der Waals surface area contributed by atoms with E-state index in [-0.39, 0.29) is 25.0 Å².